The Kier molecular flexibility index (Phi) is 28.2. The molecule has 7 N–H and O–H groups in total. The second-order valence-electron chi connectivity index (χ2n) is 17.5. The highest BCUT2D eigenvalue weighted by Gasteiger charge is 2.51. The smallest absolute Gasteiger partial charge is 0.187 e. The SMILES string of the molecule is CCCCCCCCCCCCCCCCCC[N+](C)(CCCC)CCCCCCC[C@H](C)O[C@@H]1O[C@H](CO)[C@@H](O)[C@H](O)[C@H]1O[C@@H]1O[C@H](CO)[C@@H](O)[C@H](O)[C@H]1O. The van der Waals surface area contributed by atoms with Crippen LogP contribution in [0.1, 0.15) is 175 Å². The third kappa shape index (κ3) is 19.7. The molecule has 0 aromatic rings. The van der Waals surface area contributed by atoms with Crippen molar-refractivity contribution < 1.29 is 59.2 Å². The average molecular weight is 807 g/mol. The molecule has 0 bridgehead atoms. The van der Waals surface area contributed by atoms with Gasteiger partial charge in [-0.05, 0) is 45.4 Å². The molecule has 2 aliphatic heterocycles. The van der Waals surface area contributed by atoms with E-state index in [0.29, 0.717) is 0 Å². The van der Waals surface area contributed by atoms with Crippen LogP contribution in [0.15, 0.2) is 0 Å². The zero-order chi connectivity index (χ0) is 41.2. The van der Waals surface area contributed by atoms with Crippen LogP contribution < -0.4 is 0 Å². The largest absolute Gasteiger partial charge is 0.394 e. The Hall–Kier alpha value is -0.480. The Morgan fingerprint density at radius 1 is 0.482 bits per heavy atom. The van der Waals surface area contributed by atoms with Crippen molar-refractivity contribution in [2.75, 3.05) is 39.9 Å². The molecule has 0 aromatic heterocycles. The maximum Gasteiger partial charge on any atom is 0.187 e. The number of aliphatic hydroxyl groups excluding tert-OH is 7. The Labute approximate surface area is 340 Å². The molecule has 0 saturated carbocycles. The number of rotatable bonds is 34. The van der Waals surface area contributed by atoms with Crippen molar-refractivity contribution in [3.8, 4) is 0 Å². The van der Waals surface area contributed by atoms with Crippen LogP contribution in [0, 0.1) is 0 Å². The second kappa shape index (κ2) is 30.5. The first-order chi connectivity index (χ1) is 27.0. The summed E-state index contributed by atoms with van der Waals surface area (Å²) >= 11 is 0. The van der Waals surface area contributed by atoms with Crippen LogP contribution >= 0.6 is 0 Å². The third-order valence-electron chi connectivity index (χ3n) is 12.2. The second-order valence-corrected chi connectivity index (χ2v) is 17.5. The molecule has 1 unspecified atom stereocenters. The first-order valence-electron chi connectivity index (χ1n) is 23.1. The van der Waals surface area contributed by atoms with Gasteiger partial charge in [0.25, 0.3) is 0 Å². The number of aliphatic hydroxyl groups is 7. The summed E-state index contributed by atoms with van der Waals surface area (Å²) in [7, 11) is 2.46. The van der Waals surface area contributed by atoms with Gasteiger partial charge in [-0.3, -0.25) is 0 Å². The van der Waals surface area contributed by atoms with Crippen LogP contribution in [0.4, 0.5) is 0 Å². The fourth-order valence-corrected chi connectivity index (χ4v) is 8.31. The lowest BCUT2D eigenvalue weighted by molar-refractivity contribution is -0.910. The van der Waals surface area contributed by atoms with E-state index in [-0.39, 0.29) is 6.10 Å². The molecule has 2 saturated heterocycles. The van der Waals surface area contributed by atoms with Crippen LogP contribution in [0.25, 0.3) is 0 Å². The first-order valence-corrected chi connectivity index (χ1v) is 23.1. The molecule has 12 heteroatoms. The lowest BCUT2D eigenvalue weighted by Crippen LogP contribution is -2.64. The van der Waals surface area contributed by atoms with Crippen molar-refractivity contribution in [3.63, 3.8) is 0 Å². The van der Waals surface area contributed by atoms with E-state index in [0.717, 1.165) is 25.7 Å². The van der Waals surface area contributed by atoms with Crippen LogP contribution in [0.3, 0.4) is 0 Å². The summed E-state index contributed by atoms with van der Waals surface area (Å²) in [6.45, 7) is 9.02. The van der Waals surface area contributed by atoms with E-state index < -0.39 is 74.6 Å². The minimum atomic E-state index is -1.70. The van der Waals surface area contributed by atoms with Gasteiger partial charge in [-0.2, -0.15) is 0 Å². The monoisotopic (exact) mass is 807 g/mol. The highest BCUT2D eigenvalue weighted by molar-refractivity contribution is 4.94. The van der Waals surface area contributed by atoms with E-state index in [1.807, 2.05) is 6.92 Å². The minimum absolute atomic E-state index is 0.309. The van der Waals surface area contributed by atoms with Crippen LogP contribution in [-0.4, -0.2) is 148 Å². The van der Waals surface area contributed by atoms with Gasteiger partial charge in [0.2, 0.25) is 0 Å². The van der Waals surface area contributed by atoms with Crippen molar-refractivity contribution >= 4 is 0 Å². The lowest BCUT2D eigenvalue weighted by Gasteiger charge is -2.46. The molecule has 12 atom stereocenters. The standard InChI is InChI=1S/C44H88NO11/c1-5-7-9-10-11-12-13-14-15-16-17-18-19-20-23-26-30-45(4,29-8-6-2)31-27-24-21-22-25-28-34(3)53-44-42(40(51)38(49)36(33-47)55-44)56-43-41(52)39(50)37(48)35(32-46)54-43/h34-44,46-52H,5-33H2,1-4H3/q+1/t34-,35+,36+,37+,38+,39-,40-,41+,42+,43-,44+,45?/m0/s1. The summed E-state index contributed by atoms with van der Waals surface area (Å²) < 4.78 is 24.3. The van der Waals surface area contributed by atoms with E-state index >= 15 is 0 Å². The van der Waals surface area contributed by atoms with Gasteiger partial charge in [0.1, 0.15) is 48.8 Å². The summed E-state index contributed by atoms with van der Waals surface area (Å²) in [6.07, 6.45) is 16.4. The molecule has 2 fully saturated rings. The van der Waals surface area contributed by atoms with E-state index in [1.54, 1.807) is 0 Å². The maximum atomic E-state index is 10.9. The molecule has 0 aliphatic carbocycles. The van der Waals surface area contributed by atoms with Gasteiger partial charge in [0, 0.05) is 0 Å². The Bertz CT molecular complexity index is 933. The van der Waals surface area contributed by atoms with Gasteiger partial charge in [0.05, 0.1) is 46.0 Å². The number of ether oxygens (including phenoxy) is 4. The molecular formula is C44H88NO11+. The maximum absolute atomic E-state index is 10.9. The molecule has 0 amide bonds. The van der Waals surface area contributed by atoms with Gasteiger partial charge in [-0.15, -0.1) is 0 Å². The summed E-state index contributed by atoms with van der Waals surface area (Å²) in [4.78, 5) is 0. The van der Waals surface area contributed by atoms with Crippen molar-refractivity contribution in [1.82, 2.24) is 0 Å². The van der Waals surface area contributed by atoms with Crippen molar-refractivity contribution in [2.24, 2.45) is 0 Å². The number of unbranched alkanes of at least 4 members (excludes halogenated alkanes) is 20. The molecule has 0 radical (unpaired) electrons. The van der Waals surface area contributed by atoms with Gasteiger partial charge in [-0.1, -0.05) is 129 Å². The van der Waals surface area contributed by atoms with Crippen molar-refractivity contribution in [2.45, 2.75) is 242 Å². The van der Waals surface area contributed by atoms with Crippen LogP contribution in [0.5, 0.6) is 0 Å². The Balaban J connectivity index is 1.64. The fraction of sp³-hybridized carbons (Fsp3) is 1.00. The summed E-state index contributed by atoms with van der Waals surface area (Å²) in [6, 6.07) is 0. The van der Waals surface area contributed by atoms with E-state index in [9.17, 15) is 35.7 Å². The lowest BCUT2D eigenvalue weighted by atomic mass is 9.97. The zero-order valence-electron chi connectivity index (χ0n) is 36.1. The summed E-state index contributed by atoms with van der Waals surface area (Å²) in [5.74, 6) is 0. The Morgan fingerprint density at radius 2 is 0.875 bits per heavy atom. The van der Waals surface area contributed by atoms with Gasteiger partial charge in [0.15, 0.2) is 12.6 Å². The van der Waals surface area contributed by atoms with Gasteiger partial charge >= 0.3 is 0 Å². The number of hydrogen-bond donors (Lipinski definition) is 7. The van der Waals surface area contributed by atoms with E-state index in [1.165, 1.54) is 153 Å². The minimum Gasteiger partial charge on any atom is -0.394 e. The highest BCUT2D eigenvalue weighted by Crippen LogP contribution is 2.31. The molecule has 56 heavy (non-hydrogen) atoms. The molecule has 0 spiro atoms. The predicted octanol–water partition coefficient (Wildman–Crippen LogP) is 5.86. The normalized spacial score (nSPS) is 30.1. The molecule has 334 valence electrons. The summed E-state index contributed by atoms with van der Waals surface area (Å²) in [5.41, 5.74) is 0. The first kappa shape index (κ1) is 51.7. The molecule has 2 heterocycles. The zero-order valence-corrected chi connectivity index (χ0v) is 36.1. The van der Waals surface area contributed by atoms with E-state index in [4.69, 9.17) is 18.9 Å². The molecule has 0 aromatic carbocycles. The molecule has 12 nitrogen and oxygen atoms in total. The average Bonchev–Trinajstić information content (AvgIpc) is 3.19. The van der Waals surface area contributed by atoms with Gasteiger partial charge in [-0.25, -0.2) is 0 Å². The van der Waals surface area contributed by atoms with Crippen LogP contribution in [0.2, 0.25) is 0 Å². The quantitative estimate of drug-likeness (QED) is 0.0306. The molecule has 2 rings (SSSR count). The topological polar surface area (TPSA) is 179 Å². The van der Waals surface area contributed by atoms with Crippen molar-refractivity contribution in [1.29, 1.82) is 0 Å². The molecule has 2 aliphatic rings. The predicted molar refractivity (Wildman–Crippen MR) is 220 cm³/mol. The van der Waals surface area contributed by atoms with E-state index in [2.05, 4.69) is 20.9 Å². The number of nitrogens with zero attached hydrogens (tertiary/aromatic N) is 1. The third-order valence-corrected chi connectivity index (χ3v) is 12.2. The van der Waals surface area contributed by atoms with Crippen molar-refractivity contribution in [3.05, 3.63) is 0 Å². The highest BCUT2D eigenvalue weighted by atomic mass is 16.8. The molecular weight excluding hydrogens is 718 g/mol. The summed E-state index contributed by atoms with van der Waals surface area (Å²) in [5, 5.41) is 71.5. The van der Waals surface area contributed by atoms with Crippen LogP contribution in [-0.2, 0) is 18.9 Å². The van der Waals surface area contributed by atoms with Gasteiger partial charge < -0.3 is 59.2 Å². The number of quaternary nitrogens is 1. The Morgan fingerprint density at radius 3 is 1.34 bits per heavy atom. The number of hydrogen-bond acceptors (Lipinski definition) is 11. The fourth-order valence-electron chi connectivity index (χ4n) is 8.31.